The largest absolute Gasteiger partial charge is 0.509 e. The molecule has 0 radical (unpaired) electrons. The van der Waals surface area contributed by atoms with Crippen molar-refractivity contribution in [2.24, 2.45) is 16.7 Å². The summed E-state index contributed by atoms with van der Waals surface area (Å²) in [5.74, 6) is -6.38. The highest BCUT2D eigenvalue weighted by Gasteiger charge is 2.77. The quantitative estimate of drug-likeness (QED) is 0.0925. The van der Waals surface area contributed by atoms with Gasteiger partial charge in [-0.3, -0.25) is 14.4 Å². The average Bonchev–Trinajstić information content (AvgIpc) is 3.33. The Labute approximate surface area is 454 Å². The van der Waals surface area contributed by atoms with Gasteiger partial charge in [-0.15, -0.1) is 0 Å². The molecule has 0 aromatic heterocycles. The molecule has 3 aromatic rings. The minimum atomic E-state index is -2.49. The number of nitrogens with one attached hydrogen (secondary N) is 1. The number of hydrogen-bond donors (Lipinski definition) is 2. The topological polar surface area (TPSA) is 226 Å². The first kappa shape index (κ1) is 56.6. The van der Waals surface area contributed by atoms with E-state index in [4.69, 9.17) is 108 Å². The van der Waals surface area contributed by atoms with Gasteiger partial charge < -0.3 is 48.3 Å². The van der Waals surface area contributed by atoms with Crippen LogP contribution in [0, 0.1) is 16.7 Å². The zero-order valence-electron chi connectivity index (χ0n) is 39.9. The molecule has 1 heterocycles. The van der Waals surface area contributed by atoms with Crippen LogP contribution in [0.1, 0.15) is 72.9 Å². The van der Waals surface area contributed by atoms with Crippen molar-refractivity contribution in [1.82, 2.24) is 5.32 Å². The minimum absolute atomic E-state index is 0.00378. The van der Waals surface area contributed by atoms with Crippen LogP contribution in [0.5, 0.6) is 0 Å². The Morgan fingerprint density at radius 2 is 1.35 bits per heavy atom. The number of benzene rings is 3. The molecule has 2 saturated carbocycles. The molecule has 7 rings (SSSR count). The standard InChI is InChI=1S/C51H49Cl6NO16/c1-27-32-21-34(60)47(5)35(71-44(64)68-25-50(52,53)54)22-36-48(24-67-36,74-28(2)59)39(47)40(73-42(62)31-19-13-8-14-20-31)49(66,46(32,3)4)23-33(27)70-43(63)38(72-45(65)69-26-51(55,56)57)37(29-15-9-6-10-16-29)58-41(61)30-17-11-7-12-18-30/h6-21,33,35-40,66H,1,22-26H2,2-5H3,(H,58,61)/b32-21-/t33-,35-,36+,37-,38+,39?,40?,47+,48-,49+/m0/s1. The number of rotatable bonds is 13. The molecule has 23 heteroatoms. The third-order valence-corrected chi connectivity index (χ3v) is 14.6. The van der Waals surface area contributed by atoms with Crippen LogP contribution in [0.2, 0.25) is 0 Å². The van der Waals surface area contributed by atoms with Gasteiger partial charge in [0.1, 0.15) is 49.3 Å². The molecule has 3 aromatic carbocycles. The van der Waals surface area contributed by atoms with Crippen LogP contribution in [-0.2, 0) is 52.3 Å². The first-order valence-electron chi connectivity index (χ1n) is 22.8. The molecule has 2 N–H and O–H groups in total. The number of hydrogen-bond acceptors (Lipinski definition) is 16. The second kappa shape index (κ2) is 21.9. The van der Waals surface area contributed by atoms with Crippen molar-refractivity contribution in [3.63, 3.8) is 0 Å². The summed E-state index contributed by atoms with van der Waals surface area (Å²) in [6.45, 7) is 7.83. The summed E-state index contributed by atoms with van der Waals surface area (Å²) in [5, 5.41) is 16.6. The molecule has 1 aliphatic heterocycles. The second-order valence-corrected chi connectivity index (χ2v) is 23.9. The summed E-state index contributed by atoms with van der Waals surface area (Å²) in [4.78, 5) is 99.1. The molecule has 2 bridgehead atoms. The van der Waals surface area contributed by atoms with Crippen molar-refractivity contribution in [3.8, 4) is 0 Å². The zero-order chi connectivity index (χ0) is 54.2. The van der Waals surface area contributed by atoms with Crippen LogP contribution in [0.15, 0.2) is 115 Å². The van der Waals surface area contributed by atoms with Gasteiger partial charge in [-0.25, -0.2) is 19.2 Å². The van der Waals surface area contributed by atoms with Gasteiger partial charge in [-0.2, -0.15) is 0 Å². The summed E-state index contributed by atoms with van der Waals surface area (Å²) >= 11 is 35.2. The molecule has 17 nitrogen and oxygen atoms in total. The van der Waals surface area contributed by atoms with Crippen molar-refractivity contribution < 1.29 is 76.6 Å². The maximum Gasteiger partial charge on any atom is 0.509 e. The lowest BCUT2D eigenvalue weighted by Crippen LogP contribution is -2.81. The van der Waals surface area contributed by atoms with Crippen LogP contribution in [0.25, 0.3) is 0 Å². The number of carbonyl (C=O) groups excluding carboxylic acids is 7. The van der Waals surface area contributed by atoms with Crippen LogP contribution < -0.4 is 5.32 Å². The molecule has 0 spiro atoms. The number of amides is 1. The minimum Gasteiger partial charge on any atom is -0.455 e. The monoisotopic (exact) mass is 1140 g/mol. The van der Waals surface area contributed by atoms with E-state index in [1.54, 1.807) is 54.6 Å². The van der Waals surface area contributed by atoms with E-state index in [0.717, 1.165) is 13.0 Å². The fraction of sp³-hybridized carbons (Fsp3) is 0.431. The predicted molar refractivity (Wildman–Crippen MR) is 268 cm³/mol. The number of aliphatic hydroxyl groups is 1. The second-order valence-electron chi connectivity index (χ2n) is 18.8. The first-order valence-corrected chi connectivity index (χ1v) is 25.0. The number of fused-ring (bicyclic) bond motifs is 5. The number of esters is 3. The van der Waals surface area contributed by atoms with Gasteiger partial charge in [0.15, 0.2) is 11.4 Å². The Hall–Kier alpha value is -5.11. The van der Waals surface area contributed by atoms with Crippen molar-refractivity contribution in [2.75, 3.05) is 19.8 Å². The van der Waals surface area contributed by atoms with Crippen molar-refractivity contribution in [1.29, 1.82) is 0 Å². The number of allylic oxidation sites excluding steroid dienone is 1. The molecule has 4 aliphatic rings. The lowest BCUT2D eigenvalue weighted by Gasteiger charge is -2.66. The lowest BCUT2D eigenvalue weighted by atomic mass is 9.45. The third kappa shape index (κ3) is 11.6. The molecule has 396 valence electrons. The van der Waals surface area contributed by atoms with Gasteiger partial charge in [-0.1, -0.05) is 157 Å². The number of halogens is 6. The predicted octanol–water partition coefficient (Wildman–Crippen LogP) is 9.03. The normalized spacial score (nSPS) is 28.5. The van der Waals surface area contributed by atoms with Gasteiger partial charge in [0, 0.05) is 30.7 Å². The number of carbonyl (C=O) groups is 7. The van der Waals surface area contributed by atoms with E-state index in [1.165, 1.54) is 57.2 Å². The molecule has 1 saturated heterocycles. The fourth-order valence-corrected chi connectivity index (χ4v) is 10.5. The van der Waals surface area contributed by atoms with E-state index in [9.17, 15) is 29.1 Å². The Kier molecular flexibility index (Phi) is 16.7. The van der Waals surface area contributed by atoms with Crippen LogP contribution >= 0.6 is 69.6 Å². The molecule has 74 heavy (non-hydrogen) atoms. The van der Waals surface area contributed by atoms with Gasteiger partial charge in [-0.05, 0) is 54.0 Å². The fourth-order valence-electron chi connectivity index (χ4n) is 10.2. The number of ketones is 1. The Morgan fingerprint density at radius 3 is 1.89 bits per heavy atom. The third-order valence-electron chi connectivity index (χ3n) is 13.9. The van der Waals surface area contributed by atoms with Gasteiger partial charge >= 0.3 is 30.2 Å². The highest BCUT2D eigenvalue weighted by molar-refractivity contribution is 6.68. The highest BCUT2D eigenvalue weighted by atomic mass is 35.6. The summed E-state index contributed by atoms with van der Waals surface area (Å²) in [5.41, 5.74) is -7.85. The maximum atomic E-state index is 15.6. The van der Waals surface area contributed by atoms with Crippen molar-refractivity contribution in [2.45, 2.75) is 95.9 Å². The van der Waals surface area contributed by atoms with E-state index >= 15 is 9.59 Å². The maximum absolute atomic E-state index is 15.6. The van der Waals surface area contributed by atoms with E-state index in [2.05, 4.69) is 11.9 Å². The van der Waals surface area contributed by atoms with Crippen molar-refractivity contribution in [3.05, 3.63) is 131 Å². The molecule has 1 amide bonds. The van der Waals surface area contributed by atoms with E-state index in [1.807, 2.05) is 0 Å². The van der Waals surface area contributed by atoms with Crippen LogP contribution in [0.3, 0.4) is 0 Å². The summed E-state index contributed by atoms with van der Waals surface area (Å²) < 4.78 is 42.3. The first-order chi connectivity index (χ1) is 34.6. The van der Waals surface area contributed by atoms with Crippen LogP contribution in [-0.4, -0.2) is 116 Å². The molecule has 3 fully saturated rings. The lowest BCUT2D eigenvalue weighted by molar-refractivity contribution is -0.343. The smallest absolute Gasteiger partial charge is 0.455 e. The highest BCUT2D eigenvalue weighted by Crippen LogP contribution is 2.64. The molecular formula is C51H49Cl6NO16. The van der Waals surface area contributed by atoms with Gasteiger partial charge in [0.2, 0.25) is 13.7 Å². The number of alkyl halides is 6. The van der Waals surface area contributed by atoms with E-state index in [0.29, 0.717) is 0 Å². The zero-order valence-corrected chi connectivity index (χ0v) is 44.4. The summed E-state index contributed by atoms with van der Waals surface area (Å²) in [6, 6.07) is 21.9. The SMILES string of the molecule is C=C1/C2=C/C(=O)[C@@]3(C)C(C(OC(=O)c4ccccc4)[C@](O)(C[C@@H]1OC(=O)[C@H](OC(=O)OCC(Cl)(Cl)Cl)[C@@H](NC(=O)c1ccccc1)c1ccccc1)C2(C)C)[C@]1(OC(C)=O)CO[C@@H]1C[C@@H]3OC(=O)OCC(Cl)(Cl)Cl. The van der Waals surface area contributed by atoms with Crippen LogP contribution in [0.4, 0.5) is 9.59 Å². The molecule has 3 aliphatic carbocycles. The molecule has 2 unspecified atom stereocenters. The van der Waals surface area contributed by atoms with E-state index in [-0.39, 0.29) is 34.3 Å². The molecular weight excluding hydrogens is 1100 g/mol. The Balaban J connectivity index is 1.38. The summed E-state index contributed by atoms with van der Waals surface area (Å²) in [7, 11) is 0. The summed E-state index contributed by atoms with van der Waals surface area (Å²) in [6.07, 6.45) is -11.2. The molecule has 10 atom stereocenters. The number of ether oxygens (including phenoxy) is 8. The van der Waals surface area contributed by atoms with Gasteiger partial charge in [0.05, 0.1) is 23.5 Å². The Morgan fingerprint density at radius 1 is 0.797 bits per heavy atom. The van der Waals surface area contributed by atoms with Gasteiger partial charge in [0.25, 0.3) is 5.91 Å². The Bertz CT molecular complexity index is 2700. The van der Waals surface area contributed by atoms with Crippen molar-refractivity contribution >= 4 is 112 Å². The average molecular weight is 1140 g/mol. The van der Waals surface area contributed by atoms with E-state index < -0.39 is 140 Å².